The van der Waals surface area contributed by atoms with Gasteiger partial charge in [0.2, 0.25) is 0 Å². The average molecular weight is 339 g/mol. The Bertz CT molecular complexity index is 728. The largest absolute Gasteiger partial charge is 0.490 e. The summed E-state index contributed by atoms with van der Waals surface area (Å²) < 4.78 is 10.5. The summed E-state index contributed by atoms with van der Waals surface area (Å²) in [5, 5.41) is 10.8. The fraction of sp³-hybridized carbons (Fsp3) is 0.375. The number of nitrogens with zero attached hydrogens (tertiary/aromatic N) is 1. The first-order valence-corrected chi connectivity index (χ1v) is 7.43. The van der Waals surface area contributed by atoms with E-state index < -0.39 is 17.7 Å². The van der Waals surface area contributed by atoms with Crippen LogP contribution in [0.5, 0.6) is 5.75 Å². The van der Waals surface area contributed by atoms with Gasteiger partial charge in [-0.25, -0.2) is 9.78 Å². The fourth-order valence-electron chi connectivity index (χ4n) is 1.90. The van der Waals surface area contributed by atoms with Crippen molar-refractivity contribution < 1.29 is 19.4 Å². The molecule has 0 aliphatic heterocycles. The number of fused-ring (bicyclic) bond motifs is 1. The molecule has 6 nitrogen and oxygen atoms in total. The minimum Gasteiger partial charge on any atom is -0.490 e. The van der Waals surface area contributed by atoms with Crippen LogP contribution in [-0.4, -0.2) is 34.4 Å². The highest BCUT2D eigenvalue weighted by Crippen LogP contribution is 2.26. The zero-order valence-electron chi connectivity index (χ0n) is 13.2. The summed E-state index contributed by atoms with van der Waals surface area (Å²) in [5.74, 6) is -0.276. The second-order valence-electron chi connectivity index (χ2n) is 6.07. The van der Waals surface area contributed by atoms with E-state index in [4.69, 9.17) is 26.8 Å². The summed E-state index contributed by atoms with van der Waals surface area (Å²) in [7, 11) is 0. The molecule has 0 amide bonds. The normalized spacial score (nSPS) is 12.9. The maximum atomic E-state index is 11.7. The Hall–Kier alpha value is -2.05. The molecule has 2 rings (SSSR count). The Labute approximate surface area is 139 Å². The van der Waals surface area contributed by atoms with Gasteiger partial charge in [-0.1, -0.05) is 11.6 Å². The number of carbonyl (C=O) groups is 1. The van der Waals surface area contributed by atoms with Crippen LogP contribution in [0.15, 0.2) is 24.3 Å². The number of halogens is 1. The molecule has 0 aliphatic rings. The summed E-state index contributed by atoms with van der Waals surface area (Å²) in [6.07, 6.45) is -1.37. The average Bonchev–Trinajstić information content (AvgIpc) is 2.43. The lowest BCUT2D eigenvalue weighted by atomic mass is 10.2. The summed E-state index contributed by atoms with van der Waals surface area (Å²) in [6.45, 7) is 4.95. The van der Waals surface area contributed by atoms with Gasteiger partial charge in [0.15, 0.2) is 6.10 Å². The van der Waals surface area contributed by atoms with Crippen molar-refractivity contribution in [1.82, 2.24) is 4.98 Å². The van der Waals surface area contributed by atoms with Gasteiger partial charge in [-0.15, -0.1) is 0 Å². The fourth-order valence-corrected chi connectivity index (χ4v) is 2.11. The topological polar surface area (TPSA) is 94.7 Å². The van der Waals surface area contributed by atoms with Gasteiger partial charge in [0.05, 0.1) is 5.52 Å². The van der Waals surface area contributed by atoms with Gasteiger partial charge < -0.3 is 20.3 Å². The van der Waals surface area contributed by atoms with Crippen molar-refractivity contribution >= 4 is 34.2 Å². The van der Waals surface area contributed by atoms with Gasteiger partial charge in [-0.3, -0.25) is 0 Å². The number of anilines is 1. The van der Waals surface area contributed by atoms with E-state index in [-0.39, 0.29) is 6.61 Å². The molecule has 1 aromatic heterocycles. The lowest BCUT2D eigenvalue weighted by molar-refractivity contribution is -0.166. The molecule has 3 N–H and O–H groups in total. The van der Waals surface area contributed by atoms with Crippen LogP contribution >= 0.6 is 11.6 Å². The van der Waals surface area contributed by atoms with E-state index >= 15 is 0 Å². The number of nitrogen functional groups attached to an aromatic ring is 1. The van der Waals surface area contributed by atoms with E-state index in [9.17, 15) is 9.90 Å². The van der Waals surface area contributed by atoms with E-state index in [1.165, 1.54) is 0 Å². The van der Waals surface area contributed by atoms with Crippen LogP contribution in [0, 0.1) is 0 Å². The molecular formula is C16H19ClN2O4. The van der Waals surface area contributed by atoms with Crippen LogP contribution < -0.4 is 10.5 Å². The highest BCUT2D eigenvalue weighted by atomic mass is 35.5. The highest BCUT2D eigenvalue weighted by molar-refractivity contribution is 6.30. The number of hydrogen-bond acceptors (Lipinski definition) is 6. The molecule has 0 fully saturated rings. The maximum absolute atomic E-state index is 11.7. The zero-order valence-corrected chi connectivity index (χ0v) is 13.9. The van der Waals surface area contributed by atoms with Gasteiger partial charge in [0.1, 0.15) is 23.1 Å². The van der Waals surface area contributed by atoms with Crippen molar-refractivity contribution in [3.8, 4) is 5.75 Å². The molecule has 0 bridgehead atoms. The van der Waals surface area contributed by atoms with Crippen molar-refractivity contribution in [3.05, 3.63) is 29.4 Å². The van der Waals surface area contributed by atoms with Crippen LogP contribution in [0.3, 0.4) is 0 Å². The van der Waals surface area contributed by atoms with Gasteiger partial charge in [0, 0.05) is 11.1 Å². The van der Waals surface area contributed by atoms with E-state index in [1.807, 2.05) is 0 Å². The molecule has 2 aromatic rings. The number of aliphatic hydroxyl groups excluding tert-OH is 1. The summed E-state index contributed by atoms with van der Waals surface area (Å²) in [6, 6.07) is 6.58. The first-order valence-electron chi connectivity index (χ1n) is 7.05. The molecule has 0 aliphatic carbocycles. The Morgan fingerprint density at radius 2 is 2.09 bits per heavy atom. The molecule has 23 heavy (non-hydrogen) atoms. The standard InChI is InChI=1S/C16H19ClN2O4/c1-16(2,3)23-15(21)13(20)8-22-9-4-5-12-10(6-9)11(18)7-14(17)19-12/h4-7,13,20H,8H2,1-3H3,(H2,18,19). The number of benzene rings is 1. The van der Waals surface area contributed by atoms with Crippen molar-refractivity contribution in [2.75, 3.05) is 12.3 Å². The van der Waals surface area contributed by atoms with Crippen LogP contribution in [-0.2, 0) is 9.53 Å². The molecule has 0 spiro atoms. The summed E-state index contributed by atoms with van der Waals surface area (Å²) in [5.41, 5.74) is 6.33. The van der Waals surface area contributed by atoms with Crippen molar-refractivity contribution in [1.29, 1.82) is 0 Å². The summed E-state index contributed by atoms with van der Waals surface area (Å²) in [4.78, 5) is 15.8. The molecule has 0 saturated heterocycles. The van der Waals surface area contributed by atoms with Crippen LogP contribution in [0.1, 0.15) is 20.8 Å². The zero-order chi connectivity index (χ0) is 17.2. The molecular weight excluding hydrogens is 320 g/mol. The van der Waals surface area contributed by atoms with E-state index in [1.54, 1.807) is 45.0 Å². The van der Waals surface area contributed by atoms with Crippen LogP contribution in [0.4, 0.5) is 5.69 Å². The van der Waals surface area contributed by atoms with E-state index in [0.29, 0.717) is 27.5 Å². The van der Waals surface area contributed by atoms with Gasteiger partial charge in [-0.05, 0) is 45.0 Å². The molecule has 0 saturated carbocycles. The van der Waals surface area contributed by atoms with Crippen LogP contribution in [0.2, 0.25) is 5.15 Å². The smallest absolute Gasteiger partial charge is 0.339 e. The molecule has 7 heteroatoms. The van der Waals surface area contributed by atoms with Crippen LogP contribution in [0.25, 0.3) is 10.9 Å². The first kappa shape index (κ1) is 17.3. The predicted molar refractivity (Wildman–Crippen MR) is 88.5 cm³/mol. The third kappa shape index (κ3) is 4.71. The lowest BCUT2D eigenvalue weighted by Crippen LogP contribution is -2.35. The van der Waals surface area contributed by atoms with Crippen molar-refractivity contribution in [2.24, 2.45) is 0 Å². The second-order valence-corrected chi connectivity index (χ2v) is 6.46. The molecule has 124 valence electrons. The van der Waals surface area contributed by atoms with Crippen molar-refractivity contribution in [2.45, 2.75) is 32.5 Å². The highest BCUT2D eigenvalue weighted by Gasteiger charge is 2.23. The van der Waals surface area contributed by atoms with E-state index in [2.05, 4.69) is 4.98 Å². The molecule has 1 aromatic carbocycles. The Balaban J connectivity index is 2.06. The maximum Gasteiger partial charge on any atom is 0.339 e. The first-order chi connectivity index (χ1) is 10.7. The Morgan fingerprint density at radius 3 is 2.74 bits per heavy atom. The molecule has 0 radical (unpaired) electrons. The number of hydrogen-bond donors (Lipinski definition) is 2. The van der Waals surface area contributed by atoms with Gasteiger partial charge in [0.25, 0.3) is 0 Å². The molecule has 1 unspecified atom stereocenters. The number of aromatic nitrogens is 1. The molecule has 1 heterocycles. The quantitative estimate of drug-likeness (QED) is 0.657. The number of ether oxygens (including phenoxy) is 2. The lowest BCUT2D eigenvalue weighted by Gasteiger charge is -2.21. The number of esters is 1. The number of carbonyl (C=O) groups excluding carboxylic acids is 1. The van der Waals surface area contributed by atoms with Gasteiger partial charge >= 0.3 is 5.97 Å². The number of aliphatic hydroxyl groups is 1. The minimum absolute atomic E-state index is 0.221. The SMILES string of the molecule is CC(C)(C)OC(=O)C(O)COc1ccc2nc(Cl)cc(N)c2c1. The number of rotatable bonds is 4. The summed E-state index contributed by atoms with van der Waals surface area (Å²) >= 11 is 5.85. The second kappa shape index (κ2) is 6.60. The monoisotopic (exact) mass is 338 g/mol. The number of pyridine rings is 1. The third-order valence-electron chi connectivity index (χ3n) is 2.87. The molecule has 1 atom stereocenters. The van der Waals surface area contributed by atoms with E-state index in [0.717, 1.165) is 0 Å². The predicted octanol–water partition coefficient (Wildman–Crippen LogP) is 2.55. The minimum atomic E-state index is -1.37. The van der Waals surface area contributed by atoms with Crippen molar-refractivity contribution in [3.63, 3.8) is 0 Å². The van der Waals surface area contributed by atoms with Gasteiger partial charge in [-0.2, -0.15) is 0 Å². The number of nitrogens with two attached hydrogens (primary N) is 1. The Kier molecular flexibility index (Phi) is 4.97. The Morgan fingerprint density at radius 1 is 1.39 bits per heavy atom. The third-order valence-corrected chi connectivity index (χ3v) is 3.06.